The van der Waals surface area contributed by atoms with Crippen LogP contribution in [-0.2, 0) is 10.0 Å². The molecule has 1 unspecified atom stereocenters. The third-order valence-corrected chi connectivity index (χ3v) is 7.75. The van der Waals surface area contributed by atoms with Crippen molar-refractivity contribution in [2.24, 2.45) is 5.73 Å². The van der Waals surface area contributed by atoms with Crippen molar-refractivity contribution in [2.75, 3.05) is 0 Å². The molecular formula is C25H18ClN3O3S. The summed E-state index contributed by atoms with van der Waals surface area (Å²) in [5, 5.41) is 10.9. The van der Waals surface area contributed by atoms with Crippen LogP contribution >= 0.6 is 11.6 Å². The van der Waals surface area contributed by atoms with Crippen molar-refractivity contribution in [3.05, 3.63) is 106 Å². The Kier molecular flexibility index (Phi) is 4.93. The number of halogens is 1. The summed E-state index contributed by atoms with van der Waals surface area (Å²) in [7, 11) is -3.81. The highest BCUT2D eigenvalue weighted by Gasteiger charge is 2.33. The van der Waals surface area contributed by atoms with Gasteiger partial charge in [-0.05, 0) is 48.9 Å². The van der Waals surface area contributed by atoms with Crippen LogP contribution in [0.3, 0.4) is 0 Å². The highest BCUT2D eigenvalue weighted by atomic mass is 35.5. The van der Waals surface area contributed by atoms with Gasteiger partial charge in [0.1, 0.15) is 17.4 Å². The topological polar surface area (TPSA) is 98.1 Å². The number of ether oxygens (including phenoxy) is 1. The molecule has 164 valence electrons. The fraction of sp³-hybridized carbons (Fsp3) is 0.0800. The zero-order valence-electron chi connectivity index (χ0n) is 17.5. The quantitative estimate of drug-likeness (QED) is 0.446. The molecule has 0 spiro atoms. The minimum absolute atomic E-state index is 0.00779. The summed E-state index contributed by atoms with van der Waals surface area (Å²) in [6, 6.07) is 21.2. The van der Waals surface area contributed by atoms with E-state index in [0.29, 0.717) is 21.7 Å². The number of aryl methyl sites for hydroxylation is 1. The molecule has 2 N–H and O–H groups in total. The standard InChI is InChI=1S/C25H18ClN3O3S/c1-15-2-8-18(9-3-15)33(30,31)29-13-12-19-22(29)11-10-20-23(16-4-6-17(26)7-5-16)21(14-27)25(28)32-24(19)20/h2-13,23H,28H2,1H3. The summed E-state index contributed by atoms with van der Waals surface area (Å²) in [6.07, 6.45) is 1.50. The van der Waals surface area contributed by atoms with Crippen molar-refractivity contribution in [3.8, 4) is 11.8 Å². The zero-order valence-corrected chi connectivity index (χ0v) is 19.1. The van der Waals surface area contributed by atoms with E-state index in [0.717, 1.165) is 16.7 Å². The average Bonchev–Trinajstić information content (AvgIpc) is 3.25. The van der Waals surface area contributed by atoms with E-state index in [2.05, 4.69) is 6.07 Å². The average molecular weight is 476 g/mol. The maximum atomic E-state index is 13.3. The van der Waals surface area contributed by atoms with Crippen LogP contribution in [0, 0.1) is 18.3 Å². The molecule has 0 fully saturated rings. The molecule has 1 aliphatic rings. The number of nitrogens with two attached hydrogens (primary N) is 1. The lowest BCUT2D eigenvalue weighted by Crippen LogP contribution is -2.21. The van der Waals surface area contributed by atoms with Crippen LogP contribution in [0.25, 0.3) is 10.9 Å². The van der Waals surface area contributed by atoms with Crippen molar-refractivity contribution in [1.82, 2.24) is 3.97 Å². The monoisotopic (exact) mass is 475 g/mol. The molecule has 0 bridgehead atoms. The van der Waals surface area contributed by atoms with Crippen LogP contribution in [-0.4, -0.2) is 12.4 Å². The Bertz CT molecular complexity index is 1580. The van der Waals surface area contributed by atoms with Crippen LogP contribution in [0.2, 0.25) is 5.02 Å². The summed E-state index contributed by atoms with van der Waals surface area (Å²) in [4.78, 5) is 0.189. The number of hydrogen-bond acceptors (Lipinski definition) is 5. The van der Waals surface area contributed by atoms with E-state index >= 15 is 0 Å². The number of nitrogens with zero attached hydrogens (tertiary/aromatic N) is 2. The Morgan fingerprint density at radius 2 is 1.73 bits per heavy atom. The zero-order chi connectivity index (χ0) is 23.3. The second kappa shape index (κ2) is 7.69. The first-order valence-electron chi connectivity index (χ1n) is 10.1. The number of rotatable bonds is 3. The van der Waals surface area contributed by atoms with Crippen LogP contribution in [0.4, 0.5) is 0 Å². The minimum Gasteiger partial charge on any atom is -0.439 e. The van der Waals surface area contributed by atoms with Gasteiger partial charge < -0.3 is 10.5 Å². The normalized spacial score (nSPS) is 15.7. The van der Waals surface area contributed by atoms with Crippen molar-refractivity contribution >= 4 is 32.5 Å². The predicted octanol–water partition coefficient (Wildman–Crippen LogP) is 5.06. The molecule has 0 amide bonds. The smallest absolute Gasteiger partial charge is 0.268 e. The molecule has 33 heavy (non-hydrogen) atoms. The van der Waals surface area contributed by atoms with Crippen molar-refractivity contribution < 1.29 is 13.2 Å². The summed E-state index contributed by atoms with van der Waals surface area (Å²) in [6.45, 7) is 1.90. The molecule has 1 atom stereocenters. The van der Waals surface area contributed by atoms with Gasteiger partial charge in [0.25, 0.3) is 10.0 Å². The van der Waals surface area contributed by atoms with Crippen LogP contribution in [0.15, 0.2) is 89.3 Å². The van der Waals surface area contributed by atoms with Crippen LogP contribution < -0.4 is 10.5 Å². The molecule has 8 heteroatoms. The lowest BCUT2D eigenvalue weighted by atomic mass is 9.83. The molecule has 0 aliphatic carbocycles. The van der Waals surface area contributed by atoms with Gasteiger partial charge >= 0.3 is 0 Å². The highest BCUT2D eigenvalue weighted by Crippen LogP contribution is 2.46. The maximum Gasteiger partial charge on any atom is 0.268 e. The first-order chi connectivity index (χ1) is 15.8. The first-order valence-corrected chi connectivity index (χ1v) is 11.9. The van der Waals surface area contributed by atoms with Gasteiger partial charge in [0.15, 0.2) is 0 Å². The molecule has 2 heterocycles. The minimum atomic E-state index is -3.81. The molecule has 0 saturated carbocycles. The third kappa shape index (κ3) is 3.35. The van der Waals surface area contributed by atoms with E-state index < -0.39 is 15.9 Å². The van der Waals surface area contributed by atoms with Crippen molar-refractivity contribution in [3.63, 3.8) is 0 Å². The van der Waals surface area contributed by atoms with E-state index in [-0.39, 0.29) is 16.4 Å². The molecular weight excluding hydrogens is 458 g/mol. The van der Waals surface area contributed by atoms with Gasteiger partial charge in [0.2, 0.25) is 5.88 Å². The van der Waals surface area contributed by atoms with Gasteiger partial charge in [0, 0.05) is 22.2 Å². The summed E-state index contributed by atoms with van der Waals surface area (Å²) >= 11 is 6.05. The second-order valence-electron chi connectivity index (χ2n) is 7.82. The van der Waals surface area contributed by atoms with Crippen LogP contribution in [0.5, 0.6) is 5.75 Å². The van der Waals surface area contributed by atoms with Gasteiger partial charge in [-0.25, -0.2) is 12.4 Å². The molecule has 6 nitrogen and oxygen atoms in total. The van der Waals surface area contributed by atoms with Gasteiger partial charge in [-0.3, -0.25) is 0 Å². The van der Waals surface area contributed by atoms with Gasteiger partial charge in [-0.15, -0.1) is 0 Å². The Balaban J connectivity index is 1.70. The Morgan fingerprint density at radius 3 is 2.39 bits per heavy atom. The number of fused-ring (bicyclic) bond motifs is 3. The molecule has 3 aromatic carbocycles. The Morgan fingerprint density at radius 1 is 1.03 bits per heavy atom. The van der Waals surface area contributed by atoms with E-state index in [4.69, 9.17) is 22.1 Å². The lowest BCUT2D eigenvalue weighted by Gasteiger charge is -2.27. The van der Waals surface area contributed by atoms with Crippen molar-refractivity contribution in [1.29, 1.82) is 5.26 Å². The number of allylic oxidation sites excluding steroid dienone is 1. The molecule has 0 saturated heterocycles. The largest absolute Gasteiger partial charge is 0.439 e. The third-order valence-electron chi connectivity index (χ3n) is 5.80. The first kappa shape index (κ1) is 21.1. The SMILES string of the molecule is Cc1ccc(S(=O)(=O)n2ccc3c4c(ccc32)C(c2ccc(Cl)cc2)C(C#N)=C(N)O4)cc1. The van der Waals surface area contributed by atoms with E-state index in [9.17, 15) is 13.7 Å². The lowest BCUT2D eigenvalue weighted by molar-refractivity contribution is 0.398. The van der Waals surface area contributed by atoms with Gasteiger partial charge in [-0.2, -0.15) is 5.26 Å². The second-order valence-corrected chi connectivity index (χ2v) is 10.1. The van der Waals surface area contributed by atoms with Gasteiger partial charge in [-0.1, -0.05) is 47.5 Å². The number of aromatic nitrogens is 1. The van der Waals surface area contributed by atoms with E-state index in [1.54, 1.807) is 54.6 Å². The fourth-order valence-electron chi connectivity index (χ4n) is 4.14. The number of hydrogen-bond donors (Lipinski definition) is 1. The Labute approximate surface area is 196 Å². The molecule has 1 aliphatic heterocycles. The molecule has 5 rings (SSSR count). The summed E-state index contributed by atoms with van der Waals surface area (Å²) in [5.74, 6) is -0.0362. The van der Waals surface area contributed by atoms with E-state index in [1.807, 2.05) is 19.1 Å². The fourth-order valence-corrected chi connectivity index (χ4v) is 5.61. The number of nitriles is 1. The maximum absolute atomic E-state index is 13.3. The predicted molar refractivity (Wildman–Crippen MR) is 126 cm³/mol. The molecule has 4 aromatic rings. The number of benzene rings is 3. The molecule has 1 aromatic heterocycles. The highest BCUT2D eigenvalue weighted by molar-refractivity contribution is 7.90. The van der Waals surface area contributed by atoms with Crippen molar-refractivity contribution in [2.45, 2.75) is 17.7 Å². The van der Waals surface area contributed by atoms with Gasteiger partial charge in [0.05, 0.1) is 16.3 Å². The summed E-state index contributed by atoms with van der Waals surface area (Å²) in [5.41, 5.74) is 9.40. The summed E-state index contributed by atoms with van der Waals surface area (Å²) < 4.78 is 33.7. The van der Waals surface area contributed by atoms with E-state index in [1.165, 1.54) is 10.2 Å². The Hall–Kier alpha value is -3.73. The van der Waals surface area contributed by atoms with Crippen LogP contribution in [0.1, 0.15) is 22.6 Å². The molecule has 0 radical (unpaired) electrons.